The average molecular weight is 240 g/mol. The van der Waals surface area contributed by atoms with Crippen molar-refractivity contribution in [2.24, 2.45) is 0 Å². The molecule has 0 saturated heterocycles. The molecule has 0 fully saturated rings. The first-order valence-electron chi connectivity index (χ1n) is 3.59. The Morgan fingerprint density at radius 2 is 2.15 bits per heavy atom. The Balaban J connectivity index is 2.46. The van der Waals surface area contributed by atoms with Crippen molar-refractivity contribution in [2.45, 2.75) is 0 Å². The van der Waals surface area contributed by atoms with Crippen molar-refractivity contribution in [3.63, 3.8) is 0 Å². The molecule has 13 heavy (non-hydrogen) atoms. The minimum Gasteiger partial charge on any atom is -0.381 e. The molecule has 2 heterocycles. The third kappa shape index (κ3) is 1.70. The molecule has 0 atom stereocenters. The van der Waals surface area contributed by atoms with E-state index in [9.17, 15) is 0 Å². The van der Waals surface area contributed by atoms with Crippen molar-refractivity contribution in [3.8, 4) is 11.3 Å². The van der Waals surface area contributed by atoms with Crippen LogP contribution < -0.4 is 5.73 Å². The molecule has 4 nitrogen and oxygen atoms in total. The van der Waals surface area contributed by atoms with Crippen LogP contribution in [-0.2, 0) is 0 Å². The molecule has 0 aliphatic rings. The lowest BCUT2D eigenvalue weighted by Crippen LogP contribution is -1.80. The Hall–Kier alpha value is -1.36. The van der Waals surface area contributed by atoms with Crippen LogP contribution in [0.2, 0.25) is 0 Å². The maximum atomic E-state index is 5.42. The van der Waals surface area contributed by atoms with Gasteiger partial charge in [0.05, 0.1) is 0 Å². The number of nitrogen functional groups attached to an aromatic ring is 1. The Morgan fingerprint density at radius 1 is 1.31 bits per heavy atom. The SMILES string of the molecule is Nc1cc(-c2cncc(Br)c2)on1. The van der Waals surface area contributed by atoms with Gasteiger partial charge in [-0.05, 0) is 22.0 Å². The lowest BCUT2D eigenvalue weighted by Gasteiger charge is -1.93. The number of nitrogens with two attached hydrogens (primary N) is 1. The molecule has 0 bridgehead atoms. The fraction of sp³-hybridized carbons (Fsp3) is 0. The van der Waals surface area contributed by atoms with E-state index in [1.54, 1.807) is 18.5 Å². The molecule has 2 aromatic heterocycles. The van der Waals surface area contributed by atoms with Gasteiger partial charge in [-0.3, -0.25) is 4.98 Å². The fourth-order valence-corrected chi connectivity index (χ4v) is 1.34. The van der Waals surface area contributed by atoms with E-state index >= 15 is 0 Å². The first-order chi connectivity index (χ1) is 6.25. The summed E-state index contributed by atoms with van der Waals surface area (Å²) in [5, 5.41) is 3.58. The Labute approximate surface area is 82.9 Å². The first kappa shape index (κ1) is 8.25. The monoisotopic (exact) mass is 239 g/mol. The Bertz CT molecular complexity index is 427. The summed E-state index contributed by atoms with van der Waals surface area (Å²) < 4.78 is 5.86. The van der Waals surface area contributed by atoms with Gasteiger partial charge in [0.1, 0.15) is 0 Å². The lowest BCUT2D eigenvalue weighted by molar-refractivity contribution is 0.435. The van der Waals surface area contributed by atoms with Gasteiger partial charge in [0.25, 0.3) is 0 Å². The van der Waals surface area contributed by atoms with Crippen molar-refractivity contribution < 1.29 is 4.52 Å². The predicted molar refractivity (Wildman–Crippen MR) is 51.8 cm³/mol. The van der Waals surface area contributed by atoms with Crippen molar-refractivity contribution in [2.75, 3.05) is 5.73 Å². The molecule has 0 spiro atoms. The average Bonchev–Trinajstić information content (AvgIpc) is 2.52. The van der Waals surface area contributed by atoms with Crippen LogP contribution in [0.1, 0.15) is 0 Å². The largest absolute Gasteiger partial charge is 0.381 e. The summed E-state index contributed by atoms with van der Waals surface area (Å²) in [6.07, 6.45) is 3.38. The molecule has 2 aromatic rings. The second kappa shape index (κ2) is 3.18. The number of anilines is 1. The molecule has 0 radical (unpaired) electrons. The Kier molecular flexibility index (Phi) is 2.02. The summed E-state index contributed by atoms with van der Waals surface area (Å²) in [5.41, 5.74) is 6.26. The van der Waals surface area contributed by atoms with Gasteiger partial charge < -0.3 is 10.3 Å². The van der Waals surface area contributed by atoms with E-state index < -0.39 is 0 Å². The van der Waals surface area contributed by atoms with Gasteiger partial charge in [0.2, 0.25) is 0 Å². The van der Waals surface area contributed by atoms with Crippen molar-refractivity contribution in [1.29, 1.82) is 0 Å². The molecule has 0 unspecified atom stereocenters. The molecule has 0 saturated carbocycles. The van der Waals surface area contributed by atoms with E-state index in [1.165, 1.54) is 0 Å². The maximum Gasteiger partial charge on any atom is 0.170 e. The number of pyridine rings is 1. The zero-order chi connectivity index (χ0) is 9.26. The van der Waals surface area contributed by atoms with Gasteiger partial charge in [-0.15, -0.1) is 0 Å². The van der Waals surface area contributed by atoms with E-state index in [0.29, 0.717) is 11.6 Å². The van der Waals surface area contributed by atoms with Gasteiger partial charge in [-0.1, -0.05) is 5.16 Å². The third-order valence-electron chi connectivity index (χ3n) is 1.52. The van der Waals surface area contributed by atoms with Gasteiger partial charge in [-0.25, -0.2) is 0 Å². The first-order valence-corrected chi connectivity index (χ1v) is 4.38. The highest BCUT2D eigenvalue weighted by Crippen LogP contribution is 2.22. The molecule has 0 amide bonds. The summed E-state index contributed by atoms with van der Waals surface area (Å²) in [6.45, 7) is 0. The highest BCUT2D eigenvalue weighted by molar-refractivity contribution is 9.10. The molecule has 2 N–H and O–H groups in total. The van der Waals surface area contributed by atoms with E-state index in [2.05, 4.69) is 26.1 Å². The highest BCUT2D eigenvalue weighted by Gasteiger charge is 2.04. The second-order valence-electron chi connectivity index (χ2n) is 2.51. The summed E-state index contributed by atoms with van der Waals surface area (Å²) >= 11 is 3.31. The lowest BCUT2D eigenvalue weighted by atomic mass is 10.2. The summed E-state index contributed by atoms with van der Waals surface area (Å²) in [4.78, 5) is 3.99. The van der Waals surface area contributed by atoms with E-state index in [-0.39, 0.29) is 0 Å². The van der Waals surface area contributed by atoms with Crippen LogP contribution >= 0.6 is 15.9 Å². The van der Waals surface area contributed by atoms with E-state index in [4.69, 9.17) is 10.3 Å². The second-order valence-corrected chi connectivity index (χ2v) is 3.42. The van der Waals surface area contributed by atoms with Crippen molar-refractivity contribution >= 4 is 21.7 Å². The third-order valence-corrected chi connectivity index (χ3v) is 1.95. The van der Waals surface area contributed by atoms with Crippen LogP contribution in [0.5, 0.6) is 0 Å². The van der Waals surface area contributed by atoms with Crippen molar-refractivity contribution in [3.05, 3.63) is 29.0 Å². The highest BCUT2D eigenvalue weighted by atomic mass is 79.9. The minimum absolute atomic E-state index is 0.370. The maximum absolute atomic E-state index is 5.42. The van der Waals surface area contributed by atoms with Crippen LogP contribution in [0.15, 0.2) is 33.5 Å². The zero-order valence-corrected chi connectivity index (χ0v) is 8.15. The molecule has 66 valence electrons. The topological polar surface area (TPSA) is 64.9 Å². The quantitative estimate of drug-likeness (QED) is 0.828. The van der Waals surface area contributed by atoms with Crippen LogP contribution in [0.25, 0.3) is 11.3 Å². The fourth-order valence-electron chi connectivity index (χ4n) is 0.972. The molecule has 0 aliphatic heterocycles. The van der Waals surface area contributed by atoms with E-state index in [1.807, 2.05) is 6.07 Å². The molecule has 0 aliphatic carbocycles. The van der Waals surface area contributed by atoms with Crippen molar-refractivity contribution in [1.82, 2.24) is 10.1 Å². The number of aromatic nitrogens is 2. The molecule has 2 rings (SSSR count). The molecule has 0 aromatic carbocycles. The number of rotatable bonds is 1. The molecular weight excluding hydrogens is 234 g/mol. The number of hydrogen-bond donors (Lipinski definition) is 1. The number of halogens is 1. The summed E-state index contributed by atoms with van der Waals surface area (Å²) in [5.74, 6) is 0.987. The minimum atomic E-state index is 0.370. The number of hydrogen-bond acceptors (Lipinski definition) is 4. The van der Waals surface area contributed by atoms with Gasteiger partial charge in [0, 0.05) is 28.5 Å². The Morgan fingerprint density at radius 3 is 2.77 bits per heavy atom. The normalized spacial score (nSPS) is 10.2. The van der Waals surface area contributed by atoms with Gasteiger partial charge in [-0.2, -0.15) is 0 Å². The van der Waals surface area contributed by atoms with Crippen LogP contribution in [0, 0.1) is 0 Å². The summed E-state index contributed by atoms with van der Waals surface area (Å²) in [7, 11) is 0. The van der Waals surface area contributed by atoms with Crippen LogP contribution in [0.3, 0.4) is 0 Å². The predicted octanol–water partition coefficient (Wildman–Crippen LogP) is 2.08. The molecular formula is C8H6BrN3O. The summed E-state index contributed by atoms with van der Waals surface area (Å²) in [6, 6.07) is 3.54. The zero-order valence-electron chi connectivity index (χ0n) is 6.57. The smallest absolute Gasteiger partial charge is 0.170 e. The van der Waals surface area contributed by atoms with Gasteiger partial charge in [0.15, 0.2) is 11.6 Å². The molecule has 5 heteroatoms. The van der Waals surface area contributed by atoms with E-state index in [0.717, 1.165) is 10.0 Å². The van der Waals surface area contributed by atoms with Crippen LogP contribution in [0.4, 0.5) is 5.82 Å². The number of nitrogens with zero attached hydrogens (tertiary/aromatic N) is 2. The van der Waals surface area contributed by atoms with Crippen LogP contribution in [-0.4, -0.2) is 10.1 Å². The standard InChI is InChI=1S/C8H6BrN3O/c9-6-1-5(3-11-4-6)7-2-8(10)12-13-7/h1-4H,(H2,10,12). The van der Waals surface area contributed by atoms with Gasteiger partial charge >= 0.3 is 0 Å².